The number of nitrogens with one attached hydrogen (secondary N) is 1. The Labute approximate surface area is 199 Å². The second-order valence-electron chi connectivity index (χ2n) is 8.05. The molecular formula is C24H22ClN5O4. The molecule has 0 aliphatic heterocycles. The van der Waals surface area contributed by atoms with Gasteiger partial charge in [0.25, 0.3) is 0 Å². The summed E-state index contributed by atoms with van der Waals surface area (Å²) in [5, 5.41) is 13.7. The summed E-state index contributed by atoms with van der Waals surface area (Å²) in [7, 11) is 0. The third kappa shape index (κ3) is 4.99. The highest BCUT2D eigenvalue weighted by Gasteiger charge is 2.19. The molecule has 2 aromatic carbocycles. The van der Waals surface area contributed by atoms with Crippen LogP contribution in [0.4, 0.5) is 11.6 Å². The number of hydrogen-bond acceptors (Lipinski definition) is 6. The first kappa shape index (κ1) is 23.2. The summed E-state index contributed by atoms with van der Waals surface area (Å²) in [6.07, 6.45) is 0. The van der Waals surface area contributed by atoms with Gasteiger partial charge in [-0.3, -0.25) is 14.3 Å². The fourth-order valence-corrected chi connectivity index (χ4v) is 3.61. The molecule has 0 saturated heterocycles. The zero-order valence-electron chi connectivity index (χ0n) is 18.5. The summed E-state index contributed by atoms with van der Waals surface area (Å²) >= 11 is 5.98. The van der Waals surface area contributed by atoms with Crippen molar-refractivity contribution < 1.29 is 9.90 Å². The second kappa shape index (κ2) is 9.48. The predicted molar refractivity (Wildman–Crippen MR) is 130 cm³/mol. The van der Waals surface area contributed by atoms with Crippen molar-refractivity contribution in [3.05, 3.63) is 91.8 Å². The Bertz CT molecular complexity index is 1490. The molecule has 10 heteroatoms. The number of rotatable bonds is 7. The van der Waals surface area contributed by atoms with Crippen molar-refractivity contribution in [1.82, 2.24) is 19.1 Å². The van der Waals surface area contributed by atoms with E-state index >= 15 is 0 Å². The van der Waals surface area contributed by atoms with E-state index in [1.54, 1.807) is 30.3 Å². The molecule has 2 N–H and O–H groups in total. The minimum Gasteiger partial charge on any atom is -0.481 e. The van der Waals surface area contributed by atoms with Crippen LogP contribution in [0.2, 0.25) is 5.02 Å². The van der Waals surface area contributed by atoms with Crippen LogP contribution in [0.15, 0.2) is 64.2 Å². The van der Waals surface area contributed by atoms with Gasteiger partial charge in [-0.25, -0.2) is 14.2 Å². The number of carbonyl (C=O) groups is 1. The number of anilines is 2. The summed E-state index contributed by atoms with van der Waals surface area (Å²) in [5.74, 6) is -2.01. The zero-order chi connectivity index (χ0) is 24.4. The van der Waals surface area contributed by atoms with Crippen molar-refractivity contribution in [3.63, 3.8) is 0 Å². The van der Waals surface area contributed by atoms with Gasteiger partial charge in [-0.15, -0.1) is 0 Å². The molecular weight excluding hydrogens is 458 g/mol. The highest BCUT2D eigenvalue weighted by atomic mass is 35.5. The molecule has 0 spiro atoms. The molecule has 34 heavy (non-hydrogen) atoms. The van der Waals surface area contributed by atoms with Crippen molar-refractivity contribution in [2.75, 3.05) is 5.32 Å². The van der Waals surface area contributed by atoms with E-state index in [9.17, 15) is 19.5 Å². The fourth-order valence-electron chi connectivity index (χ4n) is 3.48. The standard InChI is InChI=1S/C24H22ClN5O4/c1-14(21(31)32)12-30-23(33)28-22(29(24(30)34)13-16-4-7-18(25)8-5-16)27-19-9-10-20-17(11-19)6-3-15(2)26-20/h3-11,14H,12-13H2,1-2H3,(H,31,32)(H,27,28,33)/t14-/m0/s1. The summed E-state index contributed by atoms with van der Waals surface area (Å²) in [4.78, 5) is 45.8. The molecule has 4 rings (SSSR count). The lowest BCUT2D eigenvalue weighted by atomic mass is 10.2. The molecule has 0 fully saturated rings. The Kier molecular flexibility index (Phi) is 6.47. The average Bonchev–Trinajstić information content (AvgIpc) is 2.80. The minimum atomic E-state index is -1.11. The van der Waals surface area contributed by atoms with Crippen LogP contribution in [0.3, 0.4) is 0 Å². The van der Waals surface area contributed by atoms with Crippen LogP contribution < -0.4 is 16.7 Å². The first-order chi connectivity index (χ1) is 16.2. The Hall–Kier alpha value is -3.98. The van der Waals surface area contributed by atoms with Crippen molar-refractivity contribution in [2.45, 2.75) is 26.9 Å². The molecule has 0 amide bonds. The van der Waals surface area contributed by atoms with Crippen LogP contribution in [-0.4, -0.2) is 30.2 Å². The van der Waals surface area contributed by atoms with E-state index in [0.717, 1.165) is 26.7 Å². The van der Waals surface area contributed by atoms with Crippen molar-refractivity contribution in [2.24, 2.45) is 5.92 Å². The van der Waals surface area contributed by atoms with Gasteiger partial charge < -0.3 is 10.4 Å². The molecule has 0 unspecified atom stereocenters. The molecule has 1 atom stereocenters. The number of fused-ring (bicyclic) bond motifs is 1. The van der Waals surface area contributed by atoms with E-state index in [0.29, 0.717) is 10.7 Å². The SMILES string of the molecule is Cc1ccc2cc(Nc3nc(=O)n(C[C@H](C)C(=O)O)c(=O)n3Cc3ccc(Cl)cc3)ccc2n1. The van der Waals surface area contributed by atoms with Gasteiger partial charge in [0.1, 0.15) is 0 Å². The van der Waals surface area contributed by atoms with Crippen LogP contribution >= 0.6 is 11.6 Å². The molecule has 9 nitrogen and oxygen atoms in total. The first-order valence-electron chi connectivity index (χ1n) is 10.5. The van der Waals surface area contributed by atoms with E-state index in [1.165, 1.54) is 11.5 Å². The largest absolute Gasteiger partial charge is 0.481 e. The molecule has 2 heterocycles. The fraction of sp³-hybridized carbons (Fsp3) is 0.208. The smallest absolute Gasteiger partial charge is 0.354 e. The number of carboxylic acid groups (broad SMARTS) is 1. The Morgan fingerprint density at radius 1 is 1.06 bits per heavy atom. The normalized spacial score (nSPS) is 12.0. The van der Waals surface area contributed by atoms with E-state index in [4.69, 9.17) is 11.6 Å². The van der Waals surface area contributed by atoms with Gasteiger partial charge in [-0.05, 0) is 48.9 Å². The highest BCUT2D eigenvalue weighted by Crippen LogP contribution is 2.21. The Balaban J connectivity index is 1.79. The molecule has 0 saturated carbocycles. The molecule has 0 radical (unpaired) electrons. The summed E-state index contributed by atoms with van der Waals surface area (Å²) in [5.41, 5.74) is 1.59. The third-order valence-corrected chi connectivity index (χ3v) is 5.62. The summed E-state index contributed by atoms with van der Waals surface area (Å²) < 4.78 is 2.14. The van der Waals surface area contributed by atoms with Gasteiger partial charge >= 0.3 is 17.3 Å². The number of benzene rings is 2. The molecule has 0 aliphatic carbocycles. The summed E-state index contributed by atoms with van der Waals surface area (Å²) in [6, 6.07) is 16.2. The third-order valence-electron chi connectivity index (χ3n) is 5.37. The van der Waals surface area contributed by atoms with E-state index in [1.807, 2.05) is 31.2 Å². The van der Waals surface area contributed by atoms with E-state index < -0.39 is 23.3 Å². The van der Waals surface area contributed by atoms with Crippen LogP contribution in [0.25, 0.3) is 10.9 Å². The quantitative estimate of drug-likeness (QED) is 0.416. The monoisotopic (exact) mass is 479 g/mol. The number of halogens is 1. The maximum Gasteiger partial charge on any atom is 0.354 e. The maximum atomic E-state index is 13.3. The molecule has 4 aromatic rings. The van der Waals surface area contributed by atoms with Gasteiger partial charge in [-0.1, -0.05) is 36.7 Å². The van der Waals surface area contributed by atoms with Gasteiger partial charge in [0.05, 0.1) is 18.0 Å². The van der Waals surface area contributed by atoms with Gasteiger partial charge in [0.2, 0.25) is 5.95 Å². The van der Waals surface area contributed by atoms with Crippen molar-refractivity contribution in [3.8, 4) is 0 Å². The lowest BCUT2D eigenvalue weighted by Crippen LogP contribution is -2.44. The summed E-state index contributed by atoms with van der Waals surface area (Å²) in [6.45, 7) is 3.14. The molecule has 0 bridgehead atoms. The van der Waals surface area contributed by atoms with E-state index in [-0.39, 0.29) is 19.0 Å². The number of aromatic nitrogens is 4. The minimum absolute atomic E-state index is 0.0450. The van der Waals surface area contributed by atoms with Gasteiger partial charge in [0, 0.05) is 28.3 Å². The molecule has 2 aromatic heterocycles. The lowest BCUT2D eigenvalue weighted by molar-refractivity contribution is -0.141. The lowest BCUT2D eigenvalue weighted by Gasteiger charge is -2.17. The van der Waals surface area contributed by atoms with Crippen LogP contribution in [0.1, 0.15) is 18.2 Å². The number of hydrogen-bond donors (Lipinski definition) is 2. The van der Waals surface area contributed by atoms with Crippen molar-refractivity contribution >= 4 is 40.1 Å². The average molecular weight is 480 g/mol. The second-order valence-corrected chi connectivity index (χ2v) is 8.48. The number of aliphatic carboxylic acids is 1. The molecule has 174 valence electrons. The zero-order valence-corrected chi connectivity index (χ0v) is 19.3. The number of nitrogens with zero attached hydrogens (tertiary/aromatic N) is 4. The Morgan fingerprint density at radius 3 is 2.50 bits per heavy atom. The molecule has 0 aliphatic rings. The predicted octanol–water partition coefficient (Wildman–Crippen LogP) is 3.43. The first-order valence-corrected chi connectivity index (χ1v) is 10.9. The number of aryl methyl sites for hydroxylation is 1. The van der Waals surface area contributed by atoms with Gasteiger partial charge in [0.15, 0.2) is 0 Å². The number of carboxylic acids is 1. The number of pyridine rings is 1. The van der Waals surface area contributed by atoms with Gasteiger partial charge in [-0.2, -0.15) is 4.98 Å². The van der Waals surface area contributed by atoms with Crippen LogP contribution in [0.5, 0.6) is 0 Å². The maximum absolute atomic E-state index is 13.3. The Morgan fingerprint density at radius 2 is 1.79 bits per heavy atom. The van der Waals surface area contributed by atoms with Crippen LogP contribution in [-0.2, 0) is 17.9 Å². The topological polar surface area (TPSA) is 119 Å². The highest BCUT2D eigenvalue weighted by molar-refractivity contribution is 6.30. The van der Waals surface area contributed by atoms with Crippen molar-refractivity contribution in [1.29, 1.82) is 0 Å². The van der Waals surface area contributed by atoms with Crippen LogP contribution in [0, 0.1) is 12.8 Å². The van der Waals surface area contributed by atoms with E-state index in [2.05, 4.69) is 15.3 Å².